The largest absolute Gasteiger partial charge is 0.495 e. The quantitative estimate of drug-likeness (QED) is 0.457. The van der Waals surface area contributed by atoms with Crippen molar-refractivity contribution in [3.63, 3.8) is 0 Å². The van der Waals surface area contributed by atoms with Crippen molar-refractivity contribution in [3.05, 3.63) is 42.2 Å². The highest BCUT2D eigenvalue weighted by atomic mass is 79.9. The Morgan fingerprint density at radius 1 is 0.650 bits per heavy atom. The van der Waals surface area contributed by atoms with Gasteiger partial charge >= 0.3 is 0 Å². The fraction of sp³-hybridized carbons (Fsp3) is 0.143. The summed E-state index contributed by atoms with van der Waals surface area (Å²) < 4.78 is 14.7. The Bertz CT molecular complexity index is 599. The topological polar surface area (TPSA) is 18.5 Å². The number of benzene rings is 2. The van der Waals surface area contributed by atoms with E-state index in [9.17, 15) is 0 Å². The van der Waals surface area contributed by atoms with Gasteiger partial charge in [-0.25, -0.2) is 0 Å². The monoisotopic (exact) mass is 526 g/mol. The maximum Gasteiger partial charge on any atom is 0.141 e. The van der Waals surface area contributed by atoms with Gasteiger partial charge in [0.25, 0.3) is 0 Å². The third-order valence-corrected chi connectivity index (χ3v) is 4.81. The summed E-state index contributed by atoms with van der Waals surface area (Å²) in [5, 5.41) is 0. The van der Waals surface area contributed by atoms with Gasteiger partial charge in [0.05, 0.1) is 23.2 Å². The smallest absolute Gasteiger partial charge is 0.141 e. The Kier molecular flexibility index (Phi) is 5.56. The highest BCUT2D eigenvalue weighted by molar-refractivity contribution is 9.11. The minimum absolute atomic E-state index is 0.761. The van der Waals surface area contributed by atoms with Gasteiger partial charge in [-0.2, -0.15) is 0 Å². The summed E-state index contributed by atoms with van der Waals surface area (Å²) in [6.45, 7) is 0. The molecule has 0 radical (unpaired) electrons. The van der Waals surface area contributed by atoms with E-state index in [1.54, 1.807) is 14.2 Å². The van der Waals surface area contributed by atoms with Crippen LogP contribution in [0.25, 0.3) is 11.1 Å². The highest BCUT2D eigenvalue weighted by Gasteiger charge is 2.17. The first kappa shape index (κ1) is 16.3. The molecule has 0 saturated heterocycles. The second kappa shape index (κ2) is 6.81. The van der Waals surface area contributed by atoms with Gasteiger partial charge in [-0.1, -0.05) is 31.9 Å². The van der Waals surface area contributed by atoms with Crippen LogP contribution in [-0.2, 0) is 0 Å². The third-order valence-electron chi connectivity index (χ3n) is 2.72. The van der Waals surface area contributed by atoms with Gasteiger partial charge in [-0.15, -0.1) is 0 Å². The van der Waals surface area contributed by atoms with Crippen LogP contribution in [-0.4, -0.2) is 14.2 Å². The molecule has 0 aliphatic carbocycles. The lowest BCUT2D eigenvalue weighted by molar-refractivity contribution is 0.407. The summed E-state index contributed by atoms with van der Waals surface area (Å²) in [6.07, 6.45) is 0. The molecule has 0 aliphatic rings. The Balaban J connectivity index is 2.80. The molecule has 20 heavy (non-hydrogen) atoms. The van der Waals surface area contributed by atoms with E-state index in [2.05, 4.69) is 63.7 Å². The second-order valence-electron chi connectivity index (χ2n) is 3.94. The van der Waals surface area contributed by atoms with E-state index in [0.29, 0.717) is 0 Å². The molecule has 0 heterocycles. The molecule has 2 aromatic rings. The Hall–Kier alpha value is -0.0400. The van der Waals surface area contributed by atoms with E-state index in [0.717, 1.165) is 40.5 Å². The minimum atomic E-state index is 0.761. The molecule has 0 atom stereocenters. The van der Waals surface area contributed by atoms with Crippen molar-refractivity contribution in [2.45, 2.75) is 0 Å². The first-order valence-corrected chi connectivity index (χ1v) is 8.71. The zero-order chi connectivity index (χ0) is 14.9. The normalized spacial score (nSPS) is 10.5. The first-order valence-electron chi connectivity index (χ1n) is 5.54. The fourth-order valence-electron chi connectivity index (χ4n) is 1.94. The summed E-state index contributed by atoms with van der Waals surface area (Å²) >= 11 is 14.1. The summed E-state index contributed by atoms with van der Waals surface area (Å²) in [7, 11) is 3.30. The van der Waals surface area contributed by atoms with E-state index < -0.39 is 0 Å². The minimum Gasteiger partial charge on any atom is -0.495 e. The van der Waals surface area contributed by atoms with Crippen LogP contribution in [0.3, 0.4) is 0 Å². The van der Waals surface area contributed by atoms with Crippen LogP contribution in [0.5, 0.6) is 11.5 Å². The van der Waals surface area contributed by atoms with E-state index in [1.165, 1.54) is 0 Å². The molecule has 106 valence electrons. The molecule has 0 aromatic heterocycles. The molecule has 0 unspecified atom stereocenters. The molecule has 0 aliphatic heterocycles. The second-order valence-corrected chi connectivity index (χ2v) is 7.48. The van der Waals surface area contributed by atoms with Crippen LogP contribution in [0.4, 0.5) is 0 Å². The molecule has 6 heteroatoms. The number of ether oxygens (including phenoxy) is 2. The lowest BCUT2D eigenvalue weighted by Crippen LogP contribution is -1.94. The Labute approximate surface area is 151 Å². The number of rotatable bonds is 3. The van der Waals surface area contributed by atoms with Crippen LogP contribution in [0.2, 0.25) is 0 Å². The Morgan fingerprint density at radius 3 is 1.30 bits per heavy atom. The fourth-order valence-corrected chi connectivity index (χ4v) is 4.71. The van der Waals surface area contributed by atoms with Crippen molar-refractivity contribution < 1.29 is 9.47 Å². The van der Waals surface area contributed by atoms with Crippen LogP contribution in [0, 0.1) is 0 Å². The van der Waals surface area contributed by atoms with Crippen molar-refractivity contribution >= 4 is 63.7 Å². The van der Waals surface area contributed by atoms with E-state index in [-0.39, 0.29) is 0 Å². The van der Waals surface area contributed by atoms with Gasteiger partial charge in [0.2, 0.25) is 0 Å². The summed E-state index contributed by atoms with van der Waals surface area (Å²) in [6, 6.07) is 7.89. The molecule has 2 aromatic carbocycles. The number of halogens is 4. The molecule has 0 bridgehead atoms. The maximum atomic E-state index is 5.51. The summed E-state index contributed by atoms with van der Waals surface area (Å²) in [5.74, 6) is 1.52. The lowest BCUT2D eigenvalue weighted by atomic mass is 10.0. The maximum absolute atomic E-state index is 5.51. The molecular formula is C14H10Br4O2. The van der Waals surface area contributed by atoms with Gasteiger partial charge in [0.15, 0.2) is 0 Å². The van der Waals surface area contributed by atoms with Gasteiger partial charge in [0, 0.05) is 20.1 Å². The predicted molar refractivity (Wildman–Crippen MR) is 95.8 cm³/mol. The lowest BCUT2D eigenvalue weighted by Gasteiger charge is -2.16. The average Bonchev–Trinajstić information content (AvgIpc) is 2.37. The van der Waals surface area contributed by atoms with Crippen LogP contribution in [0.1, 0.15) is 0 Å². The van der Waals surface area contributed by atoms with Crippen molar-refractivity contribution in [2.75, 3.05) is 14.2 Å². The SMILES string of the molecule is COc1c(Br)cc(Br)cc1-c1cc(Br)cc(Br)c1OC. The molecule has 0 amide bonds. The van der Waals surface area contributed by atoms with E-state index in [1.807, 2.05) is 24.3 Å². The van der Waals surface area contributed by atoms with Crippen LogP contribution >= 0.6 is 63.7 Å². The Morgan fingerprint density at radius 2 is 1.00 bits per heavy atom. The van der Waals surface area contributed by atoms with Crippen LogP contribution < -0.4 is 9.47 Å². The van der Waals surface area contributed by atoms with Gasteiger partial charge in [-0.05, 0) is 56.1 Å². The van der Waals surface area contributed by atoms with Gasteiger partial charge in [-0.3, -0.25) is 0 Å². The molecule has 2 rings (SSSR count). The molecular weight excluding hydrogens is 520 g/mol. The standard InChI is InChI=1S/C14H10Br4O2/c1-19-13-9(3-7(15)5-11(13)17)10-4-8(16)6-12(18)14(10)20-2/h3-6H,1-2H3. The zero-order valence-electron chi connectivity index (χ0n) is 10.6. The number of hydrogen-bond acceptors (Lipinski definition) is 2. The molecule has 0 saturated carbocycles. The summed E-state index contributed by atoms with van der Waals surface area (Å²) in [5.41, 5.74) is 1.88. The zero-order valence-corrected chi connectivity index (χ0v) is 17.0. The molecule has 0 N–H and O–H groups in total. The van der Waals surface area contributed by atoms with E-state index >= 15 is 0 Å². The van der Waals surface area contributed by atoms with Crippen molar-refractivity contribution in [2.24, 2.45) is 0 Å². The number of hydrogen-bond donors (Lipinski definition) is 0. The predicted octanol–water partition coefficient (Wildman–Crippen LogP) is 6.42. The van der Waals surface area contributed by atoms with E-state index in [4.69, 9.17) is 9.47 Å². The number of methoxy groups -OCH3 is 2. The first-order chi connectivity index (χ1) is 9.47. The molecule has 0 fully saturated rings. The summed E-state index contributed by atoms with van der Waals surface area (Å²) in [4.78, 5) is 0. The van der Waals surface area contributed by atoms with Crippen molar-refractivity contribution in [3.8, 4) is 22.6 Å². The van der Waals surface area contributed by atoms with Gasteiger partial charge < -0.3 is 9.47 Å². The molecule has 0 spiro atoms. The van der Waals surface area contributed by atoms with Crippen molar-refractivity contribution in [1.82, 2.24) is 0 Å². The van der Waals surface area contributed by atoms with Gasteiger partial charge in [0.1, 0.15) is 11.5 Å². The highest BCUT2D eigenvalue weighted by Crippen LogP contribution is 2.45. The molecule has 2 nitrogen and oxygen atoms in total. The average molecular weight is 530 g/mol. The third kappa shape index (κ3) is 3.24. The van der Waals surface area contributed by atoms with Crippen LogP contribution in [0.15, 0.2) is 42.2 Å². The van der Waals surface area contributed by atoms with Crippen molar-refractivity contribution in [1.29, 1.82) is 0 Å².